The molecule has 1 N–H and O–H groups in total. The Bertz CT molecular complexity index is 678. The molecule has 1 amide bonds. The summed E-state index contributed by atoms with van der Waals surface area (Å²) in [5, 5.41) is 3.56. The molecule has 2 aromatic rings. The molecule has 0 aliphatic rings. The van der Waals surface area contributed by atoms with Crippen LogP contribution in [0.4, 0.5) is 4.39 Å². The van der Waals surface area contributed by atoms with Crippen LogP contribution in [0.1, 0.15) is 24.1 Å². The van der Waals surface area contributed by atoms with Gasteiger partial charge in [-0.2, -0.15) is 0 Å². The number of rotatable bonds is 6. The number of nitrogens with zero attached hydrogens (tertiary/aromatic N) is 1. The van der Waals surface area contributed by atoms with Crippen molar-refractivity contribution in [3.63, 3.8) is 0 Å². The van der Waals surface area contributed by atoms with Gasteiger partial charge in [0.25, 0.3) is 0 Å². The molecule has 0 radical (unpaired) electrons. The number of benzene rings is 2. The lowest BCUT2D eigenvalue weighted by Gasteiger charge is -2.19. The first-order chi connectivity index (χ1) is 11.0. The number of carbonyl (C=O) groups is 1. The highest BCUT2D eigenvalue weighted by Crippen LogP contribution is 2.17. The number of hydrogen-bond acceptors (Lipinski definition) is 2. The number of carbonyl (C=O) groups excluding carboxylic acids is 1. The molecule has 0 fully saturated rings. The molecule has 0 saturated heterocycles. The third-order valence-electron chi connectivity index (χ3n) is 3.54. The van der Waals surface area contributed by atoms with Crippen molar-refractivity contribution in [3.8, 4) is 0 Å². The third-order valence-corrected chi connectivity index (χ3v) is 3.77. The Balaban J connectivity index is 1.88. The van der Waals surface area contributed by atoms with E-state index >= 15 is 0 Å². The van der Waals surface area contributed by atoms with Gasteiger partial charge >= 0.3 is 0 Å². The highest BCUT2D eigenvalue weighted by Gasteiger charge is 2.13. The molecule has 2 aromatic carbocycles. The summed E-state index contributed by atoms with van der Waals surface area (Å²) < 4.78 is 13.6. The van der Waals surface area contributed by atoms with Crippen molar-refractivity contribution in [2.24, 2.45) is 0 Å². The number of likely N-dealkylation sites (N-methyl/N-ethyl adjacent to an activating group) is 1. The standard InChI is InChI=1S/C18H20ClFN2O/c1-13(14-7-5-8-16(19)10-14)21-18(23)12-22(2)11-15-6-3-4-9-17(15)20/h3-10,13H,11-12H2,1-2H3,(H,21,23). The predicted octanol–water partition coefficient (Wildman–Crippen LogP) is 3.79. The molecule has 0 saturated carbocycles. The molecular formula is C18H20ClFN2O. The van der Waals surface area contributed by atoms with E-state index in [9.17, 15) is 9.18 Å². The largest absolute Gasteiger partial charge is 0.348 e. The lowest BCUT2D eigenvalue weighted by atomic mass is 10.1. The van der Waals surface area contributed by atoms with Gasteiger partial charge in [0.05, 0.1) is 12.6 Å². The Hall–Kier alpha value is -1.91. The van der Waals surface area contributed by atoms with Gasteiger partial charge in [-0.15, -0.1) is 0 Å². The highest BCUT2D eigenvalue weighted by atomic mass is 35.5. The molecule has 2 rings (SSSR count). The van der Waals surface area contributed by atoms with Gasteiger partial charge in [0.2, 0.25) is 5.91 Å². The van der Waals surface area contributed by atoms with Crippen molar-refractivity contribution in [1.29, 1.82) is 0 Å². The van der Waals surface area contributed by atoms with E-state index in [0.717, 1.165) is 5.56 Å². The van der Waals surface area contributed by atoms with Gasteiger partial charge in [0.1, 0.15) is 5.82 Å². The van der Waals surface area contributed by atoms with Crippen LogP contribution < -0.4 is 5.32 Å². The second-order valence-electron chi connectivity index (χ2n) is 5.61. The minimum absolute atomic E-state index is 0.115. The van der Waals surface area contributed by atoms with Gasteiger partial charge in [-0.1, -0.05) is 41.9 Å². The second-order valence-corrected chi connectivity index (χ2v) is 6.04. The lowest BCUT2D eigenvalue weighted by Crippen LogP contribution is -2.36. The lowest BCUT2D eigenvalue weighted by molar-refractivity contribution is -0.122. The van der Waals surface area contributed by atoms with E-state index in [4.69, 9.17) is 11.6 Å². The van der Waals surface area contributed by atoms with Gasteiger partial charge in [-0.3, -0.25) is 9.69 Å². The fourth-order valence-corrected chi connectivity index (χ4v) is 2.56. The summed E-state index contributed by atoms with van der Waals surface area (Å²) in [5.41, 5.74) is 1.52. The molecule has 23 heavy (non-hydrogen) atoms. The van der Waals surface area contributed by atoms with E-state index in [-0.39, 0.29) is 24.3 Å². The fraction of sp³-hybridized carbons (Fsp3) is 0.278. The normalized spacial score (nSPS) is 12.2. The summed E-state index contributed by atoms with van der Waals surface area (Å²) in [6.07, 6.45) is 0. The first kappa shape index (κ1) is 17.4. The smallest absolute Gasteiger partial charge is 0.234 e. The molecule has 0 aliphatic heterocycles. The van der Waals surface area contributed by atoms with E-state index in [1.54, 1.807) is 36.2 Å². The van der Waals surface area contributed by atoms with E-state index in [2.05, 4.69) is 5.32 Å². The van der Waals surface area contributed by atoms with Gasteiger partial charge in [0.15, 0.2) is 0 Å². The molecule has 0 aliphatic carbocycles. The molecule has 0 bridgehead atoms. The third kappa shape index (κ3) is 5.34. The van der Waals surface area contributed by atoms with Gasteiger partial charge < -0.3 is 5.32 Å². The Kier molecular flexibility index (Phi) is 6.13. The molecule has 122 valence electrons. The van der Waals surface area contributed by atoms with Crippen molar-refractivity contribution in [3.05, 3.63) is 70.5 Å². The van der Waals surface area contributed by atoms with Crippen molar-refractivity contribution < 1.29 is 9.18 Å². The summed E-state index contributed by atoms with van der Waals surface area (Å²) >= 11 is 5.96. The van der Waals surface area contributed by atoms with Gasteiger partial charge in [-0.25, -0.2) is 4.39 Å². The molecule has 0 heterocycles. The maximum Gasteiger partial charge on any atom is 0.234 e. The number of halogens is 2. The monoisotopic (exact) mass is 334 g/mol. The van der Waals surface area contributed by atoms with Crippen molar-refractivity contribution in [2.45, 2.75) is 19.5 Å². The topological polar surface area (TPSA) is 32.3 Å². The average molecular weight is 335 g/mol. The van der Waals surface area contributed by atoms with Crippen LogP contribution in [0.15, 0.2) is 48.5 Å². The molecular weight excluding hydrogens is 315 g/mol. The minimum atomic E-state index is -0.257. The Morgan fingerprint density at radius 1 is 1.26 bits per heavy atom. The number of amides is 1. The van der Waals surface area contributed by atoms with Crippen molar-refractivity contribution in [1.82, 2.24) is 10.2 Å². The van der Waals surface area contributed by atoms with E-state index in [0.29, 0.717) is 17.1 Å². The molecule has 1 atom stereocenters. The second kappa shape index (κ2) is 8.09. The first-order valence-electron chi connectivity index (χ1n) is 7.42. The highest BCUT2D eigenvalue weighted by molar-refractivity contribution is 6.30. The fourth-order valence-electron chi connectivity index (χ4n) is 2.36. The summed E-state index contributed by atoms with van der Waals surface area (Å²) in [4.78, 5) is 13.9. The summed E-state index contributed by atoms with van der Waals surface area (Å²) in [7, 11) is 1.79. The zero-order valence-corrected chi connectivity index (χ0v) is 14.0. The van der Waals surface area contributed by atoms with Gasteiger partial charge in [-0.05, 0) is 37.7 Å². The van der Waals surface area contributed by atoms with Crippen LogP contribution in [0.25, 0.3) is 0 Å². The van der Waals surface area contributed by atoms with Crippen LogP contribution in [-0.2, 0) is 11.3 Å². The zero-order valence-electron chi connectivity index (χ0n) is 13.2. The van der Waals surface area contributed by atoms with E-state index in [1.165, 1.54) is 6.07 Å². The van der Waals surface area contributed by atoms with Crippen LogP contribution in [0, 0.1) is 5.82 Å². The van der Waals surface area contributed by atoms with Crippen LogP contribution >= 0.6 is 11.6 Å². The number of nitrogens with one attached hydrogen (secondary N) is 1. The summed E-state index contributed by atoms with van der Waals surface area (Å²) in [6.45, 7) is 2.48. The average Bonchev–Trinajstić information content (AvgIpc) is 2.49. The maximum absolute atomic E-state index is 13.6. The van der Waals surface area contributed by atoms with Crippen LogP contribution in [0.5, 0.6) is 0 Å². The SMILES string of the molecule is CC(NC(=O)CN(C)Cc1ccccc1F)c1cccc(Cl)c1. The van der Waals surface area contributed by atoms with Crippen molar-refractivity contribution in [2.75, 3.05) is 13.6 Å². The Labute approximate surface area is 141 Å². The number of hydrogen-bond donors (Lipinski definition) is 1. The Morgan fingerprint density at radius 3 is 2.70 bits per heavy atom. The molecule has 1 unspecified atom stereocenters. The maximum atomic E-state index is 13.6. The first-order valence-corrected chi connectivity index (χ1v) is 7.80. The van der Waals surface area contributed by atoms with Crippen LogP contribution in [0.3, 0.4) is 0 Å². The van der Waals surface area contributed by atoms with E-state index in [1.807, 2.05) is 25.1 Å². The molecule has 0 spiro atoms. The minimum Gasteiger partial charge on any atom is -0.348 e. The molecule has 3 nitrogen and oxygen atoms in total. The summed E-state index contributed by atoms with van der Waals surface area (Å²) in [6, 6.07) is 13.8. The zero-order chi connectivity index (χ0) is 16.8. The van der Waals surface area contributed by atoms with Gasteiger partial charge in [0, 0.05) is 17.1 Å². The quantitative estimate of drug-likeness (QED) is 0.871. The van der Waals surface area contributed by atoms with Crippen molar-refractivity contribution >= 4 is 17.5 Å². The van der Waals surface area contributed by atoms with Crippen LogP contribution in [0.2, 0.25) is 5.02 Å². The van der Waals surface area contributed by atoms with E-state index < -0.39 is 0 Å². The predicted molar refractivity (Wildman–Crippen MR) is 90.7 cm³/mol. The molecule has 5 heteroatoms. The Morgan fingerprint density at radius 2 is 2.00 bits per heavy atom. The molecule has 0 aromatic heterocycles. The summed E-state index contributed by atoms with van der Waals surface area (Å²) in [5.74, 6) is -0.372. The van der Waals surface area contributed by atoms with Crippen LogP contribution in [-0.4, -0.2) is 24.4 Å².